The fourth-order valence-corrected chi connectivity index (χ4v) is 2.37. The summed E-state index contributed by atoms with van der Waals surface area (Å²) in [6.07, 6.45) is 3.63. The van der Waals surface area contributed by atoms with Gasteiger partial charge in [-0.1, -0.05) is 13.8 Å². The van der Waals surface area contributed by atoms with Crippen molar-refractivity contribution in [2.24, 2.45) is 5.92 Å². The van der Waals surface area contributed by atoms with Gasteiger partial charge < -0.3 is 4.90 Å². The first-order chi connectivity index (χ1) is 8.69. The van der Waals surface area contributed by atoms with Gasteiger partial charge in [-0.3, -0.25) is 4.90 Å². The molecular weight excluding hydrogens is 248 g/mol. The third-order valence-electron chi connectivity index (χ3n) is 3.12. The predicted molar refractivity (Wildman–Crippen MR) is 75.1 cm³/mol. The maximum atomic E-state index is 5.73. The first-order valence-corrected chi connectivity index (χ1v) is 7.06. The Labute approximate surface area is 114 Å². The molecule has 18 heavy (non-hydrogen) atoms. The van der Waals surface area contributed by atoms with Gasteiger partial charge >= 0.3 is 0 Å². The van der Waals surface area contributed by atoms with Gasteiger partial charge in [0.15, 0.2) is 0 Å². The molecule has 0 saturated carbocycles. The van der Waals surface area contributed by atoms with Gasteiger partial charge in [0, 0.05) is 50.7 Å². The van der Waals surface area contributed by atoms with E-state index in [9.17, 15) is 0 Å². The summed E-state index contributed by atoms with van der Waals surface area (Å²) < 4.78 is 0. The summed E-state index contributed by atoms with van der Waals surface area (Å²) in [6.45, 7) is 9.91. The van der Waals surface area contributed by atoms with E-state index in [2.05, 4.69) is 33.6 Å². The number of anilines is 1. The van der Waals surface area contributed by atoms with Crippen LogP contribution in [0.5, 0.6) is 0 Å². The quantitative estimate of drug-likeness (QED) is 0.782. The lowest BCUT2D eigenvalue weighted by Gasteiger charge is -2.35. The third kappa shape index (κ3) is 3.56. The van der Waals surface area contributed by atoms with Crippen LogP contribution in [0, 0.1) is 5.92 Å². The molecule has 4 nitrogen and oxygen atoms in total. The Morgan fingerprint density at radius 3 is 2.28 bits per heavy atom. The monoisotopic (exact) mass is 268 g/mol. The Morgan fingerprint density at radius 2 is 1.78 bits per heavy atom. The van der Waals surface area contributed by atoms with Gasteiger partial charge in [-0.25, -0.2) is 9.97 Å². The second-order valence-corrected chi connectivity index (χ2v) is 5.47. The molecule has 1 saturated heterocycles. The smallest absolute Gasteiger partial charge is 0.225 e. The molecule has 0 aromatic carbocycles. The normalized spacial score (nSPS) is 17.4. The van der Waals surface area contributed by atoms with Crippen LogP contribution in [0.1, 0.15) is 19.4 Å². The topological polar surface area (TPSA) is 32.3 Å². The number of alkyl halides is 1. The van der Waals surface area contributed by atoms with Crippen molar-refractivity contribution < 1.29 is 0 Å². The summed E-state index contributed by atoms with van der Waals surface area (Å²) in [5, 5.41) is 0. The van der Waals surface area contributed by atoms with Crippen LogP contribution in [0.15, 0.2) is 12.4 Å². The average Bonchev–Trinajstić information content (AvgIpc) is 2.39. The largest absolute Gasteiger partial charge is 0.338 e. The molecule has 1 aliphatic rings. The van der Waals surface area contributed by atoms with Crippen LogP contribution in [-0.2, 0) is 5.88 Å². The van der Waals surface area contributed by atoms with E-state index in [-0.39, 0.29) is 0 Å². The van der Waals surface area contributed by atoms with E-state index < -0.39 is 0 Å². The average molecular weight is 269 g/mol. The van der Waals surface area contributed by atoms with E-state index in [1.807, 2.05) is 12.4 Å². The number of halogens is 1. The fraction of sp³-hybridized carbons (Fsp3) is 0.692. The van der Waals surface area contributed by atoms with Crippen LogP contribution in [0.2, 0.25) is 0 Å². The van der Waals surface area contributed by atoms with Crippen LogP contribution in [0.25, 0.3) is 0 Å². The maximum absolute atomic E-state index is 5.73. The number of rotatable bonds is 4. The van der Waals surface area contributed by atoms with E-state index >= 15 is 0 Å². The highest BCUT2D eigenvalue weighted by Crippen LogP contribution is 2.12. The summed E-state index contributed by atoms with van der Waals surface area (Å²) in [5.74, 6) is 2.03. The van der Waals surface area contributed by atoms with E-state index in [0.29, 0.717) is 5.88 Å². The lowest BCUT2D eigenvalue weighted by Crippen LogP contribution is -2.48. The minimum atomic E-state index is 0.475. The van der Waals surface area contributed by atoms with Crippen molar-refractivity contribution in [3.05, 3.63) is 18.0 Å². The number of piperazine rings is 1. The minimum Gasteiger partial charge on any atom is -0.338 e. The van der Waals surface area contributed by atoms with Crippen molar-refractivity contribution in [2.45, 2.75) is 19.7 Å². The molecule has 0 unspecified atom stereocenters. The number of hydrogen-bond acceptors (Lipinski definition) is 4. The van der Waals surface area contributed by atoms with Crippen LogP contribution in [0.4, 0.5) is 5.95 Å². The molecule has 0 spiro atoms. The molecule has 0 aliphatic carbocycles. The van der Waals surface area contributed by atoms with Gasteiger partial charge in [-0.15, -0.1) is 11.6 Å². The van der Waals surface area contributed by atoms with E-state index in [1.165, 1.54) is 6.54 Å². The molecule has 1 fully saturated rings. The molecule has 1 aliphatic heterocycles. The highest BCUT2D eigenvalue weighted by molar-refractivity contribution is 6.17. The van der Waals surface area contributed by atoms with E-state index in [4.69, 9.17) is 11.6 Å². The Morgan fingerprint density at radius 1 is 1.17 bits per heavy atom. The molecule has 0 atom stereocenters. The van der Waals surface area contributed by atoms with E-state index in [1.54, 1.807) is 0 Å². The summed E-state index contributed by atoms with van der Waals surface area (Å²) in [7, 11) is 0. The molecule has 2 rings (SSSR count). The highest BCUT2D eigenvalue weighted by atomic mass is 35.5. The molecule has 100 valence electrons. The van der Waals surface area contributed by atoms with Gasteiger partial charge in [0.25, 0.3) is 0 Å². The summed E-state index contributed by atoms with van der Waals surface area (Å²) >= 11 is 5.73. The zero-order chi connectivity index (χ0) is 13.0. The molecule has 0 amide bonds. The van der Waals surface area contributed by atoms with Crippen molar-refractivity contribution in [2.75, 3.05) is 37.6 Å². The number of hydrogen-bond donors (Lipinski definition) is 0. The molecule has 2 heterocycles. The van der Waals surface area contributed by atoms with Crippen molar-refractivity contribution >= 4 is 17.5 Å². The van der Waals surface area contributed by atoms with E-state index in [0.717, 1.165) is 43.6 Å². The molecule has 5 heteroatoms. The molecule has 1 aromatic rings. The van der Waals surface area contributed by atoms with Crippen molar-refractivity contribution in [3.8, 4) is 0 Å². The number of nitrogens with zero attached hydrogens (tertiary/aromatic N) is 4. The van der Waals surface area contributed by atoms with Crippen LogP contribution >= 0.6 is 11.6 Å². The Bertz CT molecular complexity index is 358. The Kier molecular flexibility index (Phi) is 4.78. The second kappa shape index (κ2) is 6.34. The van der Waals surface area contributed by atoms with Gasteiger partial charge in [0.1, 0.15) is 0 Å². The first-order valence-electron chi connectivity index (χ1n) is 6.53. The molecule has 1 aromatic heterocycles. The Balaban J connectivity index is 1.88. The third-order valence-corrected chi connectivity index (χ3v) is 3.43. The lowest BCUT2D eigenvalue weighted by molar-refractivity contribution is 0.230. The van der Waals surface area contributed by atoms with Gasteiger partial charge in [0.05, 0.1) is 5.88 Å². The lowest BCUT2D eigenvalue weighted by atomic mass is 10.2. The molecule has 0 radical (unpaired) electrons. The zero-order valence-corrected chi connectivity index (χ0v) is 11.9. The van der Waals surface area contributed by atoms with Crippen LogP contribution < -0.4 is 4.90 Å². The minimum absolute atomic E-state index is 0.475. The number of aromatic nitrogens is 2. The molecular formula is C13H21ClN4. The fourth-order valence-electron chi connectivity index (χ4n) is 2.23. The van der Waals surface area contributed by atoms with Gasteiger partial charge in [-0.05, 0) is 5.92 Å². The predicted octanol–water partition coefficient (Wildman–Crippen LogP) is 1.99. The highest BCUT2D eigenvalue weighted by Gasteiger charge is 2.19. The van der Waals surface area contributed by atoms with Crippen molar-refractivity contribution in [1.82, 2.24) is 14.9 Å². The summed E-state index contributed by atoms with van der Waals surface area (Å²) in [6, 6.07) is 0. The van der Waals surface area contributed by atoms with Gasteiger partial charge in [0.2, 0.25) is 5.95 Å². The first kappa shape index (κ1) is 13.6. The summed E-state index contributed by atoms with van der Waals surface area (Å²) in [5.41, 5.74) is 0.971. The molecule has 0 N–H and O–H groups in total. The Hall–Kier alpha value is -0.870. The van der Waals surface area contributed by atoms with Crippen molar-refractivity contribution in [1.29, 1.82) is 0 Å². The standard InChI is InChI=1S/C13H21ClN4/c1-11(2)10-17-3-5-18(6-4-17)13-15-8-12(7-14)9-16-13/h8-9,11H,3-7,10H2,1-2H3. The SMILES string of the molecule is CC(C)CN1CCN(c2ncc(CCl)cn2)CC1. The molecule has 0 bridgehead atoms. The van der Waals surface area contributed by atoms with Crippen LogP contribution in [0.3, 0.4) is 0 Å². The summed E-state index contributed by atoms with van der Waals surface area (Å²) in [4.78, 5) is 13.5. The van der Waals surface area contributed by atoms with Crippen molar-refractivity contribution in [3.63, 3.8) is 0 Å². The van der Waals surface area contributed by atoms with Crippen LogP contribution in [-0.4, -0.2) is 47.6 Å². The zero-order valence-electron chi connectivity index (χ0n) is 11.1. The maximum Gasteiger partial charge on any atom is 0.225 e. The second-order valence-electron chi connectivity index (χ2n) is 5.21. The van der Waals surface area contributed by atoms with Gasteiger partial charge in [-0.2, -0.15) is 0 Å².